The molecular weight excluding hydrogens is 333 g/mol. The Morgan fingerprint density at radius 1 is 1.00 bits per heavy atom. The zero-order valence-electron chi connectivity index (χ0n) is 13.7. The summed E-state index contributed by atoms with van der Waals surface area (Å²) in [5.74, 6) is 0. The first kappa shape index (κ1) is 19.7. The number of halogens is 2. The van der Waals surface area contributed by atoms with E-state index in [1.165, 1.54) is 0 Å². The molecule has 0 amide bonds. The molecule has 0 aromatic rings. The van der Waals surface area contributed by atoms with E-state index in [4.69, 9.17) is 22.2 Å². The number of rotatable bonds is 3. The van der Waals surface area contributed by atoms with Crippen molar-refractivity contribution in [2.75, 3.05) is 26.7 Å². The van der Waals surface area contributed by atoms with Gasteiger partial charge in [0.05, 0.1) is 8.07 Å². The van der Waals surface area contributed by atoms with Crippen molar-refractivity contribution in [3.63, 3.8) is 0 Å². The van der Waals surface area contributed by atoms with Crippen molar-refractivity contribution in [1.29, 1.82) is 0 Å². The molecule has 0 aliphatic rings. The fraction of sp³-hybridized carbons (Fsp3) is 0.917. The Morgan fingerprint density at radius 3 is 1.50 bits per heavy atom. The molecule has 0 aromatic heterocycles. The molecule has 0 rings (SSSR count). The maximum atomic E-state index is 7.03. The summed E-state index contributed by atoms with van der Waals surface area (Å²) in [6.07, 6.45) is 0. The summed E-state index contributed by atoms with van der Waals surface area (Å²) < 4.78 is 1.65. The molecular formula is C12H30Cl2P2Si2. The van der Waals surface area contributed by atoms with Gasteiger partial charge in [-0.2, -0.15) is 0 Å². The van der Waals surface area contributed by atoms with E-state index in [1.54, 1.807) is 4.54 Å². The van der Waals surface area contributed by atoms with Crippen molar-refractivity contribution in [1.82, 2.24) is 0 Å². The zero-order chi connectivity index (χ0) is 15.2. The number of hydrogen-bond donors (Lipinski definition) is 0. The minimum Gasteiger partial charge on any atom is -0.140 e. The van der Waals surface area contributed by atoms with Crippen LogP contribution in [0.1, 0.15) is 20.8 Å². The third-order valence-corrected chi connectivity index (χ3v) is 34.2. The molecule has 0 radical (unpaired) electrons. The van der Waals surface area contributed by atoms with Gasteiger partial charge in [-0.1, -0.05) is 59.1 Å². The van der Waals surface area contributed by atoms with Gasteiger partial charge in [-0.15, -0.1) is 22.2 Å². The first-order valence-electron chi connectivity index (χ1n) is 6.34. The summed E-state index contributed by atoms with van der Waals surface area (Å²) in [7, 11) is -1.43. The van der Waals surface area contributed by atoms with E-state index in [9.17, 15) is 0 Å². The first-order valence-corrected chi connectivity index (χ1v) is 19.5. The minimum atomic E-state index is -2.38. The Morgan fingerprint density at radius 2 is 1.33 bits per heavy atom. The van der Waals surface area contributed by atoms with Gasteiger partial charge in [0.25, 0.3) is 6.69 Å². The smallest absolute Gasteiger partial charge is 0.140 e. The van der Waals surface area contributed by atoms with E-state index in [1.807, 2.05) is 0 Å². The van der Waals surface area contributed by atoms with Gasteiger partial charge in [0.1, 0.15) is 0 Å². The Hall–Kier alpha value is 1.74. The fourth-order valence-corrected chi connectivity index (χ4v) is 37.3. The Labute approximate surface area is 127 Å². The summed E-state index contributed by atoms with van der Waals surface area (Å²) in [6, 6.07) is 0. The molecule has 6 heteroatoms. The van der Waals surface area contributed by atoms with Gasteiger partial charge < -0.3 is 0 Å². The molecule has 0 aliphatic carbocycles. The second-order valence-corrected chi connectivity index (χ2v) is 31.5. The summed E-state index contributed by atoms with van der Waals surface area (Å²) >= 11 is 14.1. The lowest BCUT2D eigenvalue weighted by molar-refractivity contribution is 0.752. The molecule has 0 aromatic carbocycles. The average molecular weight is 363 g/mol. The van der Waals surface area contributed by atoms with Crippen LogP contribution in [0.5, 0.6) is 0 Å². The Bertz CT molecular complexity index is 357. The van der Waals surface area contributed by atoms with Gasteiger partial charge in [0, 0.05) is 0 Å². The maximum Gasteiger partial charge on any atom is 0.278 e. The molecule has 0 heterocycles. The molecule has 110 valence electrons. The molecule has 18 heavy (non-hydrogen) atoms. The number of hydrogen-bond acceptors (Lipinski definition) is 0. The summed E-state index contributed by atoms with van der Waals surface area (Å²) in [6.45, 7) is 20.1. The SMILES string of the molecule is CP(C)P(C)(C)=C([Si](C)(C)C)[Si](Cl)(Cl)C(C)(C)C. The highest BCUT2D eigenvalue weighted by atomic mass is 35.7. The molecule has 0 unspecified atom stereocenters. The largest absolute Gasteiger partial charge is 0.278 e. The molecule has 0 saturated heterocycles. The van der Waals surface area contributed by atoms with Gasteiger partial charge >= 0.3 is 0 Å². The van der Waals surface area contributed by atoms with Gasteiger partial charge in [0.15, 0.2) is 0 Å². The lowest BCUT2D eigenvalue weighted by Crippen LogP contribution is -2.53. The molecule has 0 aliphatic heterocycles. The molecule has 0 spiro atoms. The standard InChI is InChI=1S/C12H30Cl2P2Si2/c1-12(2,3)18(13,14)11(17(8,9)10)16(6,7)15(4)5/h1-10H3. The average Bonchev–Trinajstić information content (AvgIpc) is 1.96. The molecule has 0 bridgehead atoms. The van der Waals surface area contributed by atoms with Gasteiger partial charge in [-0.3, -0.25) is 0 Å². The van der Waals surface area contributed by atoms with Crippen LogP contribution < -0.4 is 0 Å². The molecule has 0 atom stereocenters. The van der Waals surface area contributed by atoms with Crippen LogP contribution >= 0.6 is 36.3 Å². The molecule has 0 fully saturated rings. The van der Waals surface area contributed by atoms with Gasteiger partial charge in [0.2, 0.25) is 0 Å². The van der Waals surface area contributed by atoms with E-state index in [0.29, 0.717) is 0 Å². The van der Waals surface area contributed by atoms with Crippen molar-refractivity contribution in [3.8, 4) is 0 Å². The second kappa shape index (κ2) is 5.86. The quantitative estimate of drug-likeness (QED) is 0.317. The van der Waals surface area contributed by atoms with Crippen LogP contribution in [0.3, 0.4) is 0 Å². The predicted molar refractivity (Wildman–Crippen MR) is 103 cm³/mol. The van der Waals surface area contributed by atoms with Gasteiger partial charge in [-0.05, 0) is 31.7 Å². The van der Waals surface area contributed by atoms with Gasteiger partial charge in [-0.25, -0.2) is 0 Å². The molecule has 0 N–H and O–H groups in total. The normalized spacial score (nSPS) is 15.2. The fourth-order valence-electron chi connectivity index (χ4n) is 2.19. The van der Waals surface area contributed by atoms with Crippen LogP contribution in [0.15, 0.2) is 0 Å². The van der Waals surface area contributed by atoms with Crippen LogP contribution in [-0.4, -0.2) is 46.0 Å². The van der Waals surface area contributed by atoms with E-state index in [0.717, 1.165) is 0 Å². The predicted octanol–water partition coefficient (Wildman–Crippen LogP) is 6.23. The van der Waals surface area contributed by atoms with Crippen LogP contribution in [-0.2, 0) is 0 Å². The lowest BCUT2D eigenvalue weighted by Gasteiger charge is -2.44. The van der Waals surface area contributed by atoms with Crippen molar-refractivity contribution in [3.05, 3.63) is 0 Å². The Kier molecular flexibility index (Phi) is 6.42. The maximum absolute atomic E-state index is 7.03. The first-order chi connectivity index (χ1) is 7.56. The van der Waals surface area contributed by atoms with E-state index in [2.05, 4.69) is 67.1 Å². The molecule has 0 saturated carbocycles. The third-order valence-electron chi connectivity index (χ3n) is 3.50. The van der Waals surface area contributed by atoms with Crippen molar-refractivity contribution in [2.24, 2.45) is 0 Å². The summed E-state index contributed by atoms with van der Waals surface area (Å²) in [4.78, 5) is 0. The zero-order valence-corrected chi connectivity index (χ0v) is 19.0. The van der Waals surface area contributed by atoms with E-state index >= 15 is 0 Å². The van der Waals surface area contributed by atoms with Crippen molar-refractivity contribution >= 4 is 55.7 Å². The topological polar surface area (TPSA) is 0 Å². The van der Waals surface area contributed by atoms with Crippen LogP contribution in [0.4, 0.5) is 0 Å². The van der Waals surface area contributed by atoms with Crippen LogP contribution in [0.2, 0.25) is 24.7 Å². The van der Waals surface area contributed by atoms with Crippen molar-refractivity contribution in [2.45, 2.75) is 45.5 Å². The highest BCUT2D eigenvalue weighted by molar-refractivity contribution is 8.39. The summed E-state index contributed by atoms with van der Waals surface area (Å²) in [5.41, 5.74) is 0. The minimum absolute atomic E-state index is 0.0158. The van der Waals surface area contributed by atoms with Crippen molar-refractivity contribution < 1.29 is 0 Å². The Balaban J connectivity index is 6.36. The highest BCUT2D eigenvalue weighted by Gasteiger charge is 2.51. The summed E-state index contributed by atoms with van der Waals surface area (Å²) in [5, 5.41) is 0.0222. The second-order valence-electron chi connectivity index (χ2n) is 7.66. The van der Waals surface area contributed by atoms with Crippen LogP contribution in [0.25, 0.3) is 0 Å². The molecule has 0 nitrogen and oxygen atoms in total. The lowest BCUT2D eigenvalue weighted by atomic mass is 10.3. The van der Waals surface area contributed by atoms with Crippen LogP contribution in [0, 0.1) is 0 Å². The third kappa shape index (κ3) is 4.12. The van der Waals surface area contributed by atoms with E-state index in [-0.39, 0.29) is 12.6 Å². The highest BCUT2D eigenvalue weighted by Crippen LogP contribution is 2.71. The van der Waals surface area contributed by atoms with E-state index < -0.39 is 21.3 Å². The monoisotopic (exact) mass is 362 g/mol.